The van der Waals surface area contributed by atoms with Crippen molar-refractivity contribution in [2.75, 3.05) is 13.2 Å². The molecule has 0 unspecified atom stereocenters. The second kappa shape index (κ2) is 5.14. The first-order valence-electron chi connectivity index (χ1n) is 4.63. The first kappa shape index (κ1) is 9.52. The summed E-state index contributed by atoms with van der Waals surface area (Å²) in [5, 5.41) is 0. The lowest BCUT2D eigenvalue weighted by Crippen LogP contribution is -2.22. The van der Waals surface area contributed by atoms with Gasteiger partial charge in [0.2, 0.25) is 0 Å². The molecule has 0 aliphatic carbocycles. The van der Waals surface area contributed by atoms with Gasteiger partial charge in [-0.25, -0.2) is 4.79 Å². The van der Waals surface area contributed by atoms with Crippen LogP contribution in [-0.2, 0) is 14.3 Å². The van der Waals surface area contributed by atoms with Gasteiger partial charge in [0.1, 0.15) is 0 Å². The van der Waals surface area contributed by atoms with Crippen LogP contribution in [0.1, 0.15) is 32.6 Å². The van der Waals surface area contributed by atoms with Crippen molar-refractivity contribution in [2.45, 2.75) is 38.7 Å². The largest absolute Gasteiger partial charge is 0.464 e. The Balaban J connectivity index is 2.10. The number of esters is 1. The van der Waals surface area contributed by atoms with Gasteiger partial charge in [0.15, 0.2) is 6.10 Å². The van der Waals surface area contributed by atoms with Crippen LogP contribution in [0.5, 0.6) is 0 Å². The van der Waals surface area contributed by atoms with Crippen LogP contribution < -0.4 is 0 Å². The van der Waals surface area contributed by atoms with E-state index in [0.29, 0.717) is 13.2 Å². The van der Waals surface area contributed by atoms with Crippen molar-refractivity contribution in [2.24, 2.45) is 0 Å². The summed E-state index contributed by atoms with van der Waals surface area (Å²) in [6, 6.07) is 0. The maximum absolute atomic E-state index is 11.2. The Bertz CT molecular complexity index is 139. The molecule has 1 fully saturated rings. The number of carbonyl (C=O) groups excluding carboxylic acids is 1. The molecule has 3 heteroatoms. The number of ether oxygens (including phenoxy) is 2. The Morgan fingerprint density at radius 2 is 2.50 bits per heavy atom. The van der Waals surface area contributed by atoms with Crippen LogP contribution in [0.4, 0.5) is 0 Å². The van der Waals surface area contributed by atoms with Gasteiger partial charge in [0.25, 0.3) is 0 Å². The summed E-state index contributed by atoms with van der Waals surface area (Å²) in [6.07, 6.45) is 3.53. The zero-order valence-corrected chi connectivity index (χ0v) is 7.54. The third-order valence-electron chi connectivity index (χ3n) is 1.93. The highest BCUT2D eigenvalue weighted by Gasteiger charge is 2.24. The average molecular weight is 172 g/mol. The van der Waals surface area contributed by atoms with Crippen LogP contribution in [-0.4, -0.2) is 25.3 Å². The first-order chi connectivity index (χ1) is 5.84. The predicted molar refractivity (Wildman–Crippen MR) is 44.8 cm³/mol. The fraction of sp³-hybridized carbons (Fsp3) is 0.889. The maximum atomic E-state index is 11.2. The lowest BCUT2D eigenvalue weighted by atomic mass is 10.2. The van der Waals surface area contributed by atoms with Crippen LogP contribution in [0.25, 0.3) is 0 Å². The van der Waals surface area contributed by atoms with E-state index in [0.717, 1.165) is 25.7 Å². The molecular formula is C9H16O3. The second-order valence-corrected chi connectivity index (χ2v) is 3.02. The molecule has 0 N–H and O–H groups in total. The van der Waals surface area contributed by atoms with E-state index in [9.17, 15) is 4.79 Å². The van der Waals surface area contributed by atoms with E-state index in [4.69, 9.17) is 9.47 Å². The number of hydrogen-bond donors (Lipinski definition) is 0. The van der Waals surface area contributed by atoms with Gasteiger partial charge in [-0.15, -0.1) is 0 Å². The van der Waals surface area contributed by atoms with Gasteiger partial charge in [-0.1, -0.05) is 13.3 Å². The lowest BCUT2D eigenvalue weighted by molar-refractivity contribution is -0.154. The minimum atomic E-state index is -0.276. The third-order valence-corrected chi connectivity index (χ3v) is 1.93. The molecular weight excluding hydrogens is 156 g/mol. The predicted octanol–water partition coefficient (Wildman–Crippen LogP) is 1.51. The molecule has 0 aromatic rings. The summed E-state index contributed by atoms with van der Waals surface area (Å²) in [5.41, 5.74) is 0. The highest BCUT2D eigenvalue weighted by atomic mass is 16.6. The van der Waals surface area contributed by atoms with Crippen molar-refractivity contribution in [3.05, 3.63) is 0 Å². The molecule has 1 atom stereocenters. The van der Waals surface area contributed by atoms with Crippen molar-refractivity contribution in [1.82, 2.24) is 0 Å². The van der Waals surface area contributed by atoms with Crippen LogP contribution in [0.15, 0.2) is 0 Å². The lowest BCUT2D eigenvalue weighted by Gasteiger charge is -2.08. The monoisotopic (exact) mass is 172 g/mol. The second-order valence-electron chi connectivity index (χ2n) is 3.02. The highest BCUT2D eigenvalue weighted by molar-refractivity contribution is 5.74. The van der Waals surface area contributed by atoms with Gasteiger partial charge in [0.05, 0.1) is 6.61 Å². The minimum absolute atomic E-state index is 0.180. The molecule has 0 aromatic carbocycles. The molecule has 70 valence electrons. The van der Waals surface area contributed by atoms with Crippen LogP contribution in [0.2, 0.25) is 0 Å². The summed E-state index contributed by atoms with van der Waals surface area (Å²) in [6.45, 7) is 3.31. The fourth-order valence-corrected chi connectivity index (χ4v) is 1.17. The Morgan fingerprint density at radius 3 is 3.08 bits per heavy atom. The number of rotatable bonds is 4. The van der Waals surface area contributed by atoms with E-state index in [1.165, 1.54) is 0 Å². The number of carbonyl (C=O) groups is 1. The van der Waals surface area contributed by atoms with E-state index in [2.05, 4.69) is 6.92 Å². The van der Waals surface area contributed by atoms with Crippen LogP contribution in [0, 0.1) is 0 Å². The quantitative estimate of drug-likeness (QED) is 0.476. The molecule has 0 amide bonds. The fourth-order valence-electron chi connectivity index (χ4n) is 1.17. The van der Waals surface area contributed by atoms with Crippen molar-refractivity contribution in [3.8, 4) is 0 Å². The van der Waals surface area contributed by atoms with Gasteiger partial charge in [0, 0.05) is 6.61 Å². The van der Waals surface area contributed by atoms with E-state index in [1.54, 1.807) is 0 Å². The Kier molecular flexibility index (Phi) is 4.08. The molecule has 3 nitrogen and oxygen atoms in total. The number of hydrogen-bond acceptors (Lipinski definition) is 3. The minimum Gasteiger partial charge on any atom is -0.464 e. The molecule has 0 saturated carbocycles. The molecule has 0 radical (unpaired) electrons. The molecule has 0 aromatic heterocycles. The molecule has 0 bridgehead atoms. The van der Waals surface area contributed by atoms with Crippen LogP contribution in [0.3, 0.4) is 0 Å². The van der Waals surface area contributed by atoms with Crippen LogP contribution >= 0.6 is 0 Å². The normalized spacial score (nSPS) is 22.6. The summed E-state index contributed by atoms with van der Waals surface area (Å²) in [5.74, 6) is -0.180. The maximum Gasteiger partial charge on any atom is 0.335 e. The number of unbranched alkanes of at least 4 members (excludes halogenated alkanes) is 1. The first-order valence-corrected chi connectivity index (χ1v) is 4.63. The molecule has 12 heavy (non-hydrogen) atoms. The molecule has 1 saturated heterocycles. The van der Waals surface area contributed by atoms with Crippen molar-refractivity contribution < 1.29 is 14.3 Å². The van der Waals surface area contributed by atoms with Gasteiger partial charge in [-0.05, 0) is 19.3 Å². The third kappa shape index (κ3) is 2.81. The van der Waals surface area contributed by atoms with E-state index in [-0.39, 0.29) is 12.1 Å². The Hall–Kier alpha value is -0.570. The topological polar surface area (TPSA) is 35.5 Å². The zero-order chi connectivity index (χ0) is 8.81. The summed E-state index contributed by atoms with van der Waals surface area (Å²) >= 11 is 0. The highest BCUT2D eigenvalue weighted by Crippen LogP contribution is 2.13. The Morgan fingerprint density at radius 1 is 1.67 bits per heavy atom. The summed E-state index contributed by atoms with van der Waals surface area (Å²) in [7, 11) is 0. The molecule has 0 spiro atoms. The Labute approximate surface area is 73.0 Å². The summed E-state index contributed by atoms with van der Waals surface area (Å²) < 4.78 is 10.2. The van der Waals surface area contributed by atoms with Crippen molar-refractivity contribution in [3.63, 3.8) is 0 Å². The van der Waals surface area contributed by atoms with E-state index in [1.807, 2.05) is 0 Å². The van der Waals surface area contributed by atoms with Gasteiger partial charge >= 0.3 is 5.97 Å². The SMILES string of the molecule is CCCCOC(=O)[C@H]1CCCO1. The molecule has 1 aliphatic rings. The molecule has 1 aliphatic heterocycles. The smallest absolute Gasteiger partial charge is 0.335 e. The van der Waals surface area contributed by atoms with Crippen molar-refractivity contribution in [1.29, 1.82) is 0 Å². The van der Waals surface area contributed by atoms with Gasteiger partial charge in [-0.2, -0.15) is 0 Å². The van der Waals surface area contributed by atoms with Gasteiger partial charge in [-0.3, -0.25) is 0 Å². The molecule has 1 heterocycles. The van der Waals surface area contributed by atoms with Crippen molar-refractivity contribution >= 4 is 5.97 Å². The average Bonchev–Trinajstić information content (AvgIpc) is 2.56. The van der Waals surface area contributed by atoms with Gasteiger partial charge < -0.3 is 9.47 Å². The summed E-state index contributed by atoms with van der Waals surface area (Å²) in [4.78, 5) is 11.2. The standard InChI is InChI=1S/C9H16O3/c1-2-3-6-12-9(10)8-5-4-7-11-8/h8H,2-7H2,1H3/t8-/m1/s1. The van der Waals surface area contributed by atoms with E-state index < -0.39 is 0 Å². The zero-order valence-electron chi connectivity index (χ0n) is 7.54. The van der Waals surface area contributed by atoms with E-state index >= 15 is 0 Å². The molecule has 1 rings (SSSR count).